The van der Waals surface area contributed by atoms with Crippen molar-refractivity contribution in [3.63, 3.8) is 0 Å². The molecule has 1 saturated carbocycles. The van der Waals surface area contributed by atoms with Crippen molar-refractivity contribution in [2.45, 2.75) is 38.5 Å². The van der Waals surface area contributed by atoms with Gasteiger partial charge in [0.25, 0.3) is 0 Å². The summed E-state index contributed by atoms with van der Waals surface area (Å²) >= 11 is 0. The first-order valence-electron chi connectivity index (χ1n) is 7.31. The van der Waals surface area contributed by atoms with E-state index in [9.17, 15) is 9.18 Å². The van der Waals surface area contributed by atoms with Crippen molar-refractivity contribution in [2.75, 3.05) is 6.61 Å². The predicted molar refractivity (Wildman–Crippen MR) is 79.5 cm³/mol. The lowest BCUT2D eigenvalue weighted by molar-refractivity contribution is 0.0998. The van der Waals surface area contributed by atoms with E-state index in [0.717, 1.165) is 25.7 Å². The van der Waals surface area contributed by atoms with Crippen LogP contribution < -0.4 is 10.5 Å². The van der Waals surface area contributed by atoms with Crippen molar-refractivity contribution in [1.29, 1.82) is 0 Å². The summed E-state index contributed by atoms with van der Waals surface area (Å²) in [5, 5.41) is 0. The molecule has 112 valence electrons. The number of hydrogen-bond acceptors (Lipinski definition) is 2. The molecular weight excluding hydrogens is 269 g/mol. The first kappa shape index (κ1) is 15.4. The Morgan fingerprint density at radius 1 is 1.38 bits per heavy atom. The molecule has 1 aromatic carbocycles. The Bertz CT molecular complexity index is 557. The maximum absolute atomic E-state index is 14.6. The van der Waals surface area contributed by atoms with E-state index < -0.39 is 11.7 Å². The van der Waals surface area contributed by atoms with Crippen molar-refractivity contribution in [1.82, 2.24) is 0 Å². The predicted octanol–water partition coefficient (Wildman–Crippen LogP) is 3.06. The van der Waals surface area contributed by atoms with Crippen LogP contribution in [0.1, 0.15) is 48.0 Å². The molecule has 0 aliphatic heterocycles. The fraction of sp³-hybridized carbons (Fsp3) is 0.471. The zero-order chi connectivity index (χ0) is 15.2. The summed E-state index contributed by atoms with van der Waals surface area (Å²) in [4.78, 5) is 11.5. The quantitative estimate of drug-likeness (QED) is 0.847. The summed E-state index contributed by atoms with van der Waals surface area (Å²) in [6, 6.07) is 2.94. The lowest BCUT2D eigenvalue weighted by Gasteiger charge is -2.23. The van der Waals surface area contributed by atoms with Gasteiger partial charge in [0, 0.05) is 11.1 Å². The van der Waals surface area contributed by atoms with E-state index in [1.807, 2.05) is 0 Å². The van der Waals surface area contributed by atoms with Crippen LogP contribution in [-0.4, -0.2) is 12.5 Å². The molecule has 1 aliphatic rings. The van der Waals surface area contributed by atoms with E-state index in [1.165, 1.54) is 18.6 Å². The van der Waals surface area contributed by atoms with Gasteiger partial charge in [-0.15, -0.1) is 6.42 Å². The molecule has 1 aromatic rings. The van der Waals surface area contributed by atoms with Crippen LogP contribution in [0.15, 0.2) is 12.1 Å². The molecule has 0 heterocycles. The Labute approximate surface area is 124 Å². The van der Waals surface area contributed by atoms with Crippen molar-refractivity contribution >= 4 is 5.91 Å². The van der Waals surface area contributed by atoms with Crippen molar-refractivity contribution in [3.05, 3.63) is 29.1 Å². The van der Waals surface area contributed by atoms with E-state index in [4.69, 9.17) is 16.9 Å². The third-order valence-corrected chi connectivity index (χ3v) is 4.00. The van der Waals surface area contributed by atoms with Gasteiger partial charge in [-0.3, -0.25) is 4.79 Å². The van der Waals surface area contributed by atoms with Crippen LogP contribution in [-0.2, 0) is 6.42 Å². The first-order chi connectivity index (χ1) is 10.1. The Kier molecular flexibility index (Phi) is 5.21. The number of carbonyl (C=O) groups excluding carboxylic acids is 1. The fourth-order valence-corrected chi connectivity index (χ4v) is 2.94. The van der Waals surface area contributed by atoms with Crippen molar-refractivity contribution < 1.29 is 13.9 Å². The highest BCUT2D eigenvalue weighted by Crippen LogP contribution is 2.31. The van der Waals surface area contributed by atoms with E-state index in [1.54, 1.807) is 0 Å². The zero-order valence-electron chi connectivity index (χ0n) is 12.0. The van der Waals surface area contributed by atoms with Gasteiger partial charge in [-0.2, -0.15) is 0 Å². The number of carbonyl (C=O) groups is 1. The number of terminal acetylenes is 1. The van der Waals surface area contributed by atoms with Crippen LogP contribution in [0.25, 0.3) is 0 Å². The number of halogens is 1. The second-order valence-electron chi connectivity index (χ2n) is 5.47. The second kappa shape index (κ2) is 7.12. The number of hydrogen-bond donors (Lipinski definition) is 1. The largest absolute Gasteiger partial charge is 0.478 e. The second-order valence-corrected chi connectivity index (χ2v) is 5.47. The van der Waals surface area contributed by atoms with Crippen LogP contribution in [0.4, 0.5) is 4.39 Å². The van der Waals surface area contributed by atoms with E-state index >= 15 is 0 Å². The van der Waals surface area contributed by atoms with Gasteiger partial charge in [0.1, 0.15) is 6.61 Å². The zero-order valence-corrected chi connectivity index (χ0v) is 12.0. The smallest absolute Gasteiger partial charge is 0.249 e. The molecule has 1 amide bonds. The van der Waals surface area contributed by atoms with Gasteiger partial charge < -0.3 is 10.5 Å². The highest BCUT2D eigenvalue weighted by Gasteiger charge is 2.22. The standard InChI is InChI=1S/C17H20FNO2/c1-2-10-21-15-9-8-13(17(19)20)14(16(15)18)11-12-6-4-3-5-7-12/h1,8-9,12H,3-7,10-11H2,(H2,19,20). The van der Waals surface area contributed by atoms with E-state index in [-0.39, 0.29) is 17.9 Å². The minimum absolute atomic E-state index is 0.00426. The minimum Gasteiger partial charge on any atom is -0.478 e. The Balaban J connectivity index is 2.29. The molecule has 0 radical (unpaired) electrons. The monoisotopic (exact) mass is 289 g/mol. The van der Waals surface area contributed by atoms with Crippen LogP contribution in [0.3, 0.4) is 0 Å². The molecule has 0 atom stereocenters. The number of rotatable bonds is 5. The average molecular weight is 289 g/mol. The van der Waals surface area contributed by atoms with Gasteiger partial charge >= 0.3 is 0 Å². The van der Waals surface area contributed by atoms with Gasteiger partial charge in [0.15, 0.2) is 11.6 Å². The first-order valence-corrected chi connectivity index (χ1v) is 7.31. The van der Waals surface area contributed by atoms with Crippen LogP contribution in [0.2, 0.25) is 0 Å². The number of ether oxygens (including phenoxy) is 1. The van der Waals surface area contributed by atoms with Crippen LogP contribution in [0, 0.1) is 24.1 Å². The van der Waals surface area contributed by atoms with Gasteiger partial charge in [-0.1, -0.05) is 38.0 Å². The molecule has 0 bridgehead atoms. The summed E-state index contributed by atoms with van der Waals surface area (Å²) in [6.07, 6.45) is 11.3. The van der Waals surface area contributed by atoms with Crippen LogP contribution >= 0.6 is 0 Å². The molecule has 0 saturated heterocycles. The third-order valence-electron chi connectivity index (χ3n) is 4.00. The normalized spacial score (nSPS) is 15.4. The lowest BCUT2D eigenvalue weighted by atomic mass is 9.83. The number of benzene rings is 1. The summed E-state index contributed by atoms with van der Waals surface area (Å²) in [6.45, 7) is -0.00426. The summed E-state index contributed by atoms with van der Waals surface area (Å²) in [5.74, 6) is 1.67. The molecule has 0 aromatic heterocycles. The fourth-order valence-electron chi connectivity index (χ4n) is 2.94. The molecule has 0 spiro atoms. The summed E-state index contributed by atoms with van der Waals surface area (Å²) in [5.41, 5.74) is 5.97. The molecule has 1 aliphatic carbocycles. The van der Waals surface area contributed by atoms with E-state index in [2.05, 4.69) is 5.92 Å². The summed E-state index contributed by atoms with van der Waals surface area (Å²) < 4.78 is 19.8. The minimum atomic E-state index is -0.608. The molecule has 21 heavy (non-hydrogen) atoms. The number of nitrogens with two attached hydrogens (primary N) is 1. The Morgan fingerprint density at radius 3 is 2.71 bits per heavy atom. The van der Waals surface area contributed by atoms with Gasteiger partial charge in [0.05, 0.1) is 0 Å². The molecule has 1 fully saturated rings. The Morgan fingerprint density at radius 2 is 2.10 bits per heavy atom. The highest BCUT2D eigenvalue weighted by atomic mass is 19.1. The molecule has 4 heteroatoms. The number of amides is 1. The SMILES string of the molecule is C#CCOc1ccc(C(N)=O)c(CC2CCCCC2)c1F. The van der Waals surface area contributed by atoms with Gasteiger partial charge in [0.2, 0.25) is 5.91 Å². The average Bonchev–Trinajstić information content (AvgIpc) is 2.49. The topological polar surface area (TPSA) is 52.3 Å². The lowest BCUT2D eigenvalue weighted by Crippen LogP contribution is -2.18. The Hall–Kier alpha value is -2.02. The highest BCUT2D eigenvalue weighted by molar-refractivity contribution is 5.94. The summed E-state index contributed by atoms with van der Waals surface area (Å²) in [7, 11) is 0. The molecular formula is C17H20FNO2. The van der Waals surface area contributed by atoms with Crippen LogP contribution in [0.5, 0.6) is 5.75 Å². The van der Waals surface area contributed by atoms with Gasteiger partial charge in [-0.25, -0.2) is 4.39 Å². The van der Waals surface area contributed by atoms with Crippen molar-refractivity contribution in [2.24, 2.45) is 11.7 Å². The molecule has 3 nitrogen and oxygen atoms in total. The maximum atomic E-state index is 14.6. The third kappa shape index (κ3) is 3.75. The molecule has 2 N–H and O–H groups in total. The van der Waals surface area contributed by atoms with Gasteiger partial charge in [-0.05, 0) is 24.5 Å². The van der Waals surface area contributed by atoms with Crippen molar-refractivity contribution in [3.8, 4) is 18.1 Å². The maximum Gasteiger partial charge on any atom is 0.249 e. The van der Waals surface area contributed by atoms with E-state index in [0.29, 0.717) is 17.9 Å². The number of primary amides is 1. The molecule has 2 rings (SSSR count). The molecule has 0 unspecified atom stereocenters.